The highest BCUT2D eigenvalue weighted by atomic mass is 35.5. The van der Waals surface area contributed by atoms with Crippen molar-refractivity contribution in [2.24, 2.45) is 0 Å². The molecule has 1 N–H and O–H groups in total. The third kappa shape index (κ3) is 4.08. The van der Waals surface area contributed by atoms with E-state index < -0.39 is 23.5 Å². The lowest BCUT2D eigenvalue weighted by atomic mass is 9.93. The fraction of sp³-hybridized carbons (Fsp3) is 0.120. The van der Waals surface area contributed by atoms with Crippen LogP contribution in [0.3, 0.4) is 0 Å². The highest BCUT2D eigenvalue weighted by Crippen LogP contribution is 2.43. The Bertz CT molecular complexity index is 1300. The van der Waals surface area contributed by atoms with Gasteiger partial charge in [-0.15, -0.1) is 0 Å². The molecule has 8 heteroatoms. The number of aryl methyl sites for hydroxylation is 1. The summed E-state index contributed by atoms with van der Waals surface area (Å²) in [5, 5.41) is 11.8. The van der Waals surface area contributed by atoms with Crippen LogP contribution in [-0.4, -0.2) is 23.9 Å². The lowest BCUT2D eigenvalue weighted by Gasteiger charge is -2.26. The van der Waals surface area contributed by atoms with E-state index >= 15 is 0 Å². The number of benzene rings is 3. The largest absolute Gasteiger partial charge is 0.507 e. The van der Waals surface area contributed by atoms with E-state index in [1.165, 1.54) is 42.3 Å². The van der Waals surface area contributed by atoms with Gasteiger partial charge in [-0.2, -0.15) is 0 Å². The molecule has 0 radical (unpaired) electrons. The Morgan fingerprint density at radius 3 is 2.30 bits per heavy atom. The highest BCUT2D eigenvalue weighted by Gasteiger charge is 2.47. The van der Waals surface area contributed by atoms with Gasteiger partial charge in [0.15, 0.2) is 0 Å². The number of aliphatic hydroxyl groups is 1. The Kier molecular flexibility index (Phi) is 6.15. The number of ether oxygens (including phenoxy) is 1. The van der Waals surface area contributed by atoms with Crippen LogP contribution in [0.1, 0.15) is 22.7 Å². The van der Waals surface area contributed by atoms with Gasteiger partial charge < -0.3 is 9.84 Å². The number of halogens is 3. The van der Waals surface area contributed by atoms with E-state index in [1.807, 2.05) is 0 Å². The molecule has 0 spiro atoms. The fourth-order valence-electron chi connectivity index (χ4n) is 3.87. The molecule has 1 amide bonds. The number of aliphatic hydroxyl groups excluding tert-OH is 1. The number of hydrogen-bond acceptors (Lipinski definition) is 4. The maximum atomic E-state index is 13.5. The Morgan fingerprint density at radius 2 is 1.70 bits per heavy atom. The molecule has 0 aliphatic carbocycles. The van der Waals surface area contributed by atoms with Crippen molar-refractivity contribution in [3.63, 3.8) is 0 Å². The van der Waals surface area contributed by atoms with Crippen LogP contribution in [0.5, 0.6) is 5.75 Å². The molecule has 1 unspecified atom stereocenters. The zero-order chi connectivity index (χ0) is 23.9. The van der Waals surface area contributed by atoms with E-state index in [0.717, 1.165) is 0 Å². The number of amides is 1. The number of methoxy groups -OCH3 is 1. The van der Waals surface area contributed by atoms with Crippen LogP contribution in [-0.2, 0) is 9.59 Å². The summed E-state index contributed by atoms with van der Waals surface area (Å²) in [7, 11) is 1.52. The molecule has 1 saturated heterocycles. The Morgan fingerprint density at radius 1 is 1.00 bits per heavy atom. The second-order valence-electron chi connectivity index (χ2n) is 7.50. The number of carbonyl (C=O) groups is 2. The molecule has 1 aliphatic rings. The predicted molar refractivity (Wildman–Crippen MR) is 125 cm³/mol. The lowest BCUT2D eigenvalue weighted by Crippen LogP contribution is -2.29. The van der Waals surface area contributed by atoms with E-state index in [0.29, 0.717) is 33.1 Å². The summed E-state index contributed by atoms with van der Waals surface area (Å²) in [6, 6.07) is 13.8. The van der Waals surface area contributed by atoms with Gasteiger partial charge in [0.05, 0.1) is 28.8 Å². The molecule has 0 bridgehead atoms. The first-order valence-electron chi connectivity index (χ1n) is 9.89. The van der Waals surface area contributed by atoms with E-state index in [-0.39, 0.29) is 16.4 Å². The summed E-state index contributed by atoms with van der Waals surface area (Å²) in [5.41, 5.74) is 1.65. The first kappa shape index (κ1) is 22.8. The normalized spacial score (nSPS) is 17.5. The van der Waals surface area contributed by atoms with E-state index in [1.54, 1.807) is 37.3 Å². The second-order valence-corrected chi connectivity index (χ2v) is 8.31. The van der Waals surface area contributed by atoms with Crippen molar-refractivity contribution in [3.05, 3.63) is 98.8 Å². The maximum Gasteiger partial charge on any atom is 0.300 e. The topological polar surface area (TPSA) is 66.8 Å². The number of ketones is 1. The minimum absolute atomic E-state index is 0.115. The van der Waals surface area contributed by atoms with Gasteiger partial charge in [-0.1, -0.05) is 29.3 Å². The zero-order valence-corrected chi connectivity index (χ0v) is 19.1. The number of nitrogens with zero attached hydrogens (tertiary/aromatic N) is 1. The molecule has 168 valence electrons. The molecule has 33 heavy (non-hydrogen) atoms. The van der Waals surface area contributed by atoms with Gasteiger partial charge in [-0.3, -0.25) is 14.5 Å². The average molecular weight is 486 g/mol. The van der Waals surface area contributed by atoms with Crippen LogP contribution in [0.4, 0.5) is 10.1 Å². The summed E-state index contributed by atoms with van der Waals surface area (Å²) in [4.78, 5) is 27.5. The van der Waals surface area contributed by atoms with Crippen molar-refractivity contribution in [2.45, 2.75) is 13.0 Å². The van der Waals surface area contributed by atoms with Gasteiger partial charge in [-0.05, 0) is 72.6 Å². The third-order valence-electron chi connectivity index (χ3n) is 5.50. The standard InChI is InChI=1S/C25H18Cl2FNO4/c1-13-11-17(33-2)8-9-18(13)23(30)21-22(14-3-10-19(26)20(27)12-14)29(25(32)24(21)31)16-6-4-15(28)5-7-16/h3-12,22,30H,1-2H3/b23-21-. The number of carbonyl (C=O) groups excluding carboxylic acids is 2. The van der Waals surface area contributed by atoms with Crippen LogP contribution in [0.25, 0.3) is 5.76 Å². The molecule has 1 aliphatic heterocycles. The zero-order valence-electron chi connectivity index (χ0n) is 17.6. The number of Topliss-reactive ketones (excluding diaryl/α,β-unsaturated/α-hetero) is 1. The van der Waals surface area contributed by atoms with Gasteiger partial charge >= 0.3 is 0 Å². The molecule has 3 aromatic rings. The van der Waals surface area contributed by atoms with Crippen LogP contribution < -0.4 is 9.64 Å². The van der Waals surface area contributed by atoms with Crippen molar-refractivity contribution in [1.29, 1.82) is 0 Å². The summed E-state index contributed by atoms with van der Waals surface area (Å²) in [6.07, 6.45) is 0. The SMILES string of the molecule is COc1ccc(/C(O)=C2/C(=O)C(=O)N(c3ccc(F)cc3)C2c2ccc(Cl)c(Cl)c2)c(C)c1. The minimum Gasteiger partial charge on any atom is -0.507 e. The predicted octanol–water partition coefficient (Wildman–Crippen LogP) is 6.08. The third-order valence-corrected chi connectivity index (χ3v) is 6.24. The smallest absolute Gasteiger partial charge is 0.300 e. The minimum atomic E-state index is -1.01. The molecular formula is C25H18Cl2FNO4. The summed E-state index contributed by atoms with van der Waals surface area (Å²) < 4.78 is 18.7. The van der Waals surface area contributed by atoms with E-state index in [9.17, 15) is 19.1 Å². The van der Waals surface area contributed by atoms with Gasteiger partial charge in [0.2, 0.25) is 0 Å². The average Bonchev–Trinajstić information content (AvgIpc) is 3.06. The summed E-state index contributed by atoms with van der Waals surface area (Å²) >= 11 is 12.3. The number of anilines is 1. The van der Waals surface area contributed by atoms with Crippen molar-refractivity contribution < 1.29 is 23.8 Å². The van der Waals surface area contributed by atoms with Gasteiger partial charge in [0.1, 0.15) is 17.3 Å². The Balaban J connectivity index is 1.96. The number of rotatable bonds is 4. The molecular weight excluding hydrogens is 468 g/mol. The lowest BCUT2D eigenvalue weighted by molar-refractivity contribution is -0.132. The first-order valence-corrected chi connectivity index (χ1v) is 10.6. The maximum absolute atomic E-state index is 13.5. The quantitative estimate of drug-likeness (QED) is 0.276. The monoisotopic (exact) mass is 485 g/mol. The first-order chi connectivity index (χ1) is 15.7. The Hall–Kier alpha value is -3.35. The molecule has 3 aromatic carbocycles. The van der Waals surface area contributed by atoms with Gasteiger partial charge in [0, 0.05) is 11.3 Å². The molecule has 4 rings (SSSR count). The van der Waals surface area contributed by atoms with Crippen LogP contribution in [0.2, 0.25) is 10.0 Å². The van der Waals surface area contributed by atoms with E-state index in [4.69, 9.17) is 27.9 Å². The summed E-state index contributed by atoms with van der Waals surface area (Å²) in [6.45, 7) is 1.75. The molecule has 0 aromatic heterocycles. The molecule has 1 fully saturated rings. The molecule has 1 atom stereocenters. The van der Waals surface area contributed by atoms with Crippen LogP contribution >= 0.6 is 23.2 Å². The van der Waals surface area contributed by atoms with Crippen LogP contribution in [0.15, 0.2) is 66.2 Å². The van der Waals surface area contributed by atoms with E-state index in [2.05, 4.69) is 0 Å². The van der Waals surface area contributed by atoms with Gasteiger partial charge in [-0.25, -0.2) is 4.39 Å². The van der Waals surface area contributed by atoms with Gasteiger partial charge in [0.25, 0.3) is 11.7 Å². The summed E-state index contributed by atoms with van der Waals surface area (Å²) in [5.74, 6) is -1.98. The Labute approximate surface area is 199 Å². The van der Waals surface area contributed by atoms with Crippen molar-refractivity contribution in [1.82, 2.24) is 0 Å². The van der Waals surface area contributed by atoms with Crippen LogP contribution in [0, 0.1) is 12.7 Å². The molecule has 1 heterocycles. The highest BCUT2D eigenvalue weighted by molar-refractivity contribution is 6.51. The number of hydrogen-bond donors (Lipinski definition) is 1. The van der Waals surface area contributed by atoms with Crippen molar-refractivity contribution in [3.8, 4) is 5.75 Å². The second kappa shape index (κ2) is 8.89. The molecule has 5 nitrogen and oxygen atoms in total. The molecule has 0 saturated carbocycles. The van der Waals surface area contributed by atoms with Crippen molar-refractivity contribution >= 4 is 46.3 Å². The van der Waals surface area contributed by atoms with Crippen molar-refractivity contribution in [2.75, 3.05) is 12.0 Å². The fourth-order valence-corrected chi connectivity index (χ4v) is 4.18.